The molecular weight excluding hydrogens is 466 g/mol. The molecule has 0 saturated carbocycles. The second kappa shape index (κ2) is 10.4. The van der Waals surface area contributed by atoms with Gasteiger partial charge in [-0.15, -0.1) is 0 Å². The Kier molecular flexibility index (Phi) is 6.90. The number of rotatable bonds is 7. The molecule has 5 heterocycles. The normalized spacial score (nSPS) is 16.1. The van der Waals surface area contributed by atoms with E-state index in [1.165, 1.54) is 4.90 Å². The molecule has 0 aliphatic carbocycles. The lowest BCUT2D eigenvalue weighted by molar-refractivity contribution is 0.0848. The molecule has 0 bridgehead atoms. The van der Waals surface area contributed by atoms with Gasteiger partial charge in [0.1, 0.15) is 18.9 Å². The Balaban J connectivity index is 1.21. The summed E-state index contributed by atoms with van der Waals surface area (Å²) < 4.78 is 18.0. The Hall–Kier alpha value is -3.86. The fourth-order valence-electron chi connectivity index (χ4n) is 4.77. The molecule has 3 aromatic heterocycles. The number of amides is 1. The zero-order valence-electron chi connectivity index (χ0n) is 20.1. The van der Waals surface area contributed by atoms with Crippen LogP contribution in [0, 0.1) is 0 Å². The molecule has 0 radical (unpaired) electrons. The minimum Gasteiger partial charge on any atom is -0.486 e. The molecule has 0 spiro atoms. The number of carbonyl (C=O) groups is 1. The number of hydrogen-bond donors (Lipinski definition) is 1. The third-order valence-electron chi connectivity index (χ3n) is 6.72. The van der Waals surface area contributed by atoms with Crippen LogP contribution in [0.4, 0.5) is 4.79 Å². The molecule has 3 aromatic rings. The van der Waals surface area contributed by atoms with Crippen molar-refractivity contribution < 1.29 is 24.1 Å². The van der Waals surface area contributed by atoms with Crippen molar-refractivity contribution in [3.63, 3.8) is 0 Å². The van der Waals surface area contributed by atoms with Gasteiger partial charge in [0.15, 0.2) is 11.5 Å². The molecule has 1 amide bonds. The molecule has 0 atom stereocenters. The van der Waals surface area contributed by atoms with Gasteiger partial charge >= 0.3 is 6.09 Å². The van der Waals surface area contributed by atoms with Gasteiger partial charge in [0.25, 0.3) is 5.56 Å². The SMILES string of the molecule is COc1ccc2ccc(=O)n(CCN3CCC(N(Cc4cc5c(cn4)OCCO5)C(=O)O)CC3)c2n1. The first kappa shape index (κ1) is 23.9. The maximum absolute atomic E-state index is 12.6. The lowest BCUT2D eigenvalue weighted by atomic mass is 10.0. The summed E-state index contributed by atoms with van der Waals surface area (Å²) in [6, 6.07) is 8.63. The van der Waals surface area contributed by atoms with Crippen LogP contribution < -0.4 is 19.8 Å². The first-order chi connectivity index (χ1) is 17.5. The van der Waals surface area contributed by atoms with Crippen LogP contribution in [0.15, 0.2) is 41.3 Å². The maximum atomic E-state index is 12.6. The maximum Gasteiger partial charge on any atom is 0.407 e. The Morgan fingerprint density at radius 2 is 1.89 bits per heavy atom. The highest BCUT2D eigenvalue weighted by Gasteiger charge is 2.28. The van der Waals surface area contributed by atoms with E-state index in [9.17, 15) is 14.7 Å². The van der Waals surface area contributed by atoms with Crippen LogP contribution in [0.3, 0.4) is 0 Å². The number of piperidine rings is 1. The van der Waals surface area contributed by atoms with Crippen LogP contribution in [0.1, 0.15) is 18.5 Å². The summed E-state index contributed by atoms with van der Waals surface area (Å²) in [6.07, 6.45) is 2.03. The second-order valence-corrected chi connectivity index (χ2v) is 8.89. The fourth-order valence-corrected chi connectivity index (χ4v) is 4.77. The van der Waals surface area contributed by atoms with Gasteiger partial charge in [0.05, 0.1) is 25.5 Å². The molecule has 36 heavy (non-hydrogen) atoms. The van der Waals surface area contributed by atoms with Gasteiger partial charge in [-0.3, -0.25) is 19.2 Å². The van der Waals surface area contributed by atoms with Crippen LogP contribution >= 0.6 is 0 Å². The molecule has 1 saturated heterocycles. The van der Waals surface area contributed by atoms with E-state index in [4.69, 9.17) is 14.2 Å². The lowest BCUT2D eigenvalue weighted by Crippen LogP contribution is -2.47. The standard InChI is InChI=1S/C25H29N5O6/c1-34-22-4-2-17-3-5-23(31)29(24(17)27-22)11-10-28-8-6-19(7-9-28)30(25(32)33)16-18-14-20-21(15-26-18)36-13-12-35-20/h2-5,14-15,19H,6-13,16H2,1H3,(H,32,33). The van der Waals surface area contributed by atoms with Crippen LogP contribution in [-0.4, -0.2) is 81.5 Å². The zero-order valence-corrected chi connectivity index (χ0v) is 20.1. The smallest absolute Gasteiger partial charge is 0.407 e. The molecule has 2 aliphatic heterocycles. The molecule has 1 fully saturated rings. The quantitative estimate of drug-likeness (QED) is 0.526. The van der Waals surface area contributed by atoms with Gasteiger partial charge in [-0.25, -0.2) is 4.79 Å². The topological polar surface area (TPSA) is 119 Å². The van der Waals surface area contributed by atoms with Crippen molar-refractivity contribution in [2.24, 2.45) is 0 Å². The van der Waals surface area contributed by atoms with E-state index in [1.54, 1.807) is 42.1 Å². The van der Waals surface area contributed by atoms with Crippen molar-refractivity contribution in [3.05, 3.63) is 52.6 Å². The van der Waals surface area contributed by atoms with Gasteiger partial charge in [0.2, 0.25) is 5.88 Å². The Labute approximate surface area is 207 Å². The highest BCUT2D eigenvalue weighted by atomic mass is 16.6. The third kappa shape index (κ3) is 5.06. The minimum absolute atomic E-state index is 0.109. The molecule has 0 aromatic carbocycles. The van der Waals surface area contributed by atoms with E-state index in [0.717, 1.165) is 18.5 Å². The summed E-state index contributed by atoms with van der Waals surface area (Å²) in [5, 5.41) is 10.8. The highest BCUT2D eigenvalue weighted by molar-refractivity contribution is 5.75. The number of fused-ring (bicyclic) bond motifs is 2. The molecule has 2 aliphatic rings. The molecule has 11 heteroatoms. The number of pyridine rings is 3. The molecule has 190 valence electrons. The van der Waals surface area contributed by atoms with Crippen molar-refractivity contribution in [3.8, 4) is 17.4 Å². The van der Waals surface area contributed by atoms with Crippen LogP contribution in [0.5, 0.6) is 17.4 Å². The summed E-state index contributed by atoms with van der Waals surface area (Å²) >= 11 is 0. The van der Waals surface area contributed by atoms with Crippen molar-refractivity contribution in [2.45, 2.75) is 32.0 Å². The third-order valence-corrected chi connectivity index (χ3v) is 6.72. The van der Waals surface area contributed by atoms with Gasteiger partial charge in [-0.1, -0.05) is 0 Å². The number of aromatic nitrogens is 3. The average Bonchev–Trinajstić information content (AvgIpc) is 2.91. The zero-order chi connectivity index (χ0) is 25.1. The molecule has 0 unspecified atom stereocenters. The number of methoxy groups -OCH3 is 1. The number of ether oxygens (including phenoxy) is 3. The highest BCUT2D eigenvalue weighted by Crippen LogP contribution is 2.30. The van der Waals surface area contributed by atoms with Gasteiger partial charge in [0, 0.05) is 55.8 Å². The van der Waals surface area contributed by atoms with Crippen LogP contribution in [0.2, 0.25) is 0 Å². The molecular formula is C25H29N5O6. The van der Waals surface area contributed by atoms with Gasteiger partial charge < -0.3 is 24.2 Å². The summed E-state index contributed by atoms with van der Waals surface area (Å²) in [4.78, 5) is 37.2. The van der Waals surface area contributed by atoms with Gasteiger partial charge in [-0.05, 0) is 25.0 Å². The largest absolute Gasteiger partial charge is 0.486 e. The van der Waals surface area contributed by atoms with Crippen molar-refractivity contribution >= 4 is 17.1 Å². The Morgan fingerprint density at radius 1 is 1.14 bits per heavy atom. The van der Waals surface area contributed by atoms with E-state index in [1.807, 2.05) is 6.07 Å². The van der Waals surface area contributed by atoms with Crippen LogP contribution in [-0.2, 0) is 13.1 Å². The van der Waals surface area contributed by atoms with Crippen molar-refractivity contribution in [1.82, 2.24) is 24.3 Å². The number of hydrogen-bond acceptors (Lipinski definition) is 8. The molecule has 5 rings (SSSR count). The first-order valence-electron chi connectivity index (χ1n) is 12.0. The first-order valence-corrected chi connectivity index (χ1v) is 12.0. The van der Waals surface area contributed by atoms with E-state index in [-0.39, 0.29) is 18.1 Å². The summed E-state index contributed by atoms with van der Waals surface area (Å²) in [7, 11) is 1.55. The lowest BCUT2D eigenvalue weighted by Gasteiger charge is -2.37. The van der Waals surface area contributed by atoms with E-state index in [2.05, 4.69) is 14.9 Å². The van der Waals surface area contributed by atoms with E-state index >= 15 is 0 Å². The van der Waals surface area contributed by atoms with E-state index in [0.29, 0.717) is 67.9 Å². The summed E-state index contributed by atoms with van der Waals surface area (Å²) in [6.45, 7) is 3.76. The number of likely N-dealkylation sites (tertiary alicyclic amines) is 1. The van der Waals surface area contributed by atoms with Gasteiger partial charge in [-0.2, -0.15) is 4.98 Å². The molecule has 11 nitrogen and oxygen atoms in total. The number of nitrogens with zero attached hydrogens (tertiary/aromatic N) is 5. The fraction of sp³-hybridized carbons (Fsp3) is 0.440. The van der Waals surface area contributed by atoms with Crippen molar-refractivity contribution in [1.29, 1.82) is 0 Å². The minimum atomic E-state index is -0.965. The van der Waals surface area contributed by atoms with E-state index < -0.39 is 6.09 Å². The average molecular weight is 496 g/mol. The van der Waals surface area contributed by atoms with Crippen LogP contribution in [0.25, 0.3) is 11.0 Å². The predicted molar refractivity (Wildman–Crippen MR) is 131 cm³/mol. The number of carboxylic acid groups (broad SMARTS) is 1. The summed E-state index contributed by atoms with van der Waals surface area (Å²) in [5.41, 5.74) is 1.12. The van der Waals surface area contributed by atoms with Crippen molar-refractivity contribution in [2.75, 3.05) is 40.0 Å². The summed E-state index contributed by atoms with van der Waals surface area (Å²) in [5.74, 6) is 1.64. The second-order valence-electron chi connectivity index (χ2n) is 8.89. The Morgan fingerprint density at radius 3 is 2.64 bits per heavy atom. The Bertz CT molecular complexity index is 1300. The molecule has 1 N–H and O–H groups in total. The monoisotopic (exact) mass is 495 g/mol. The predicted octanol–water partition coefficient (Wildman–Crippen LogP) is 2.22.